The van der Waals surface area contributed by atoms with Crippen molar-refractivity contribution < 1.29 is 4.74 Å². The third-order valence-electron chi connectivity index (χ3n) is 3.55. The molecule has 1 N–H and O–H groups in total. The number of nitrogens with zero attached hydrogens (tertiary/aromatic N) is 3. The normalized spacial score (nSPS) is 22.7. The van der Waals surface area contributed by atoms with E-state index in [2.05, 4.69) is 55.9 Å². The highest BCUT2D eigenvalue weighted by Crippen LogP contribution is 2.23. The summed E-state index contributed by atoms with van der Waals surface area (Å²) in [7, 11) is 0. The highest BCUT2D eigenvalue weighted by atomic mass is 16.5. The van der Waals surface area contributed by atoms with Gasteiger partial charge in [0.1, 0.15) is 17.5 Å². The molecule has 1 aliphatic rings. The van der Waals surface area contributed by atoms with Gasteiger partial charge in [-0.15, -0.1) is 0 Å². The average Bonchev–Trinajstić information content (AvgIpc) is 2.43. The largest absolute Gasteiger partial charge is 0.372 e. The van der Waals surface area contributed by atoms with Gasteiger partial charge in [0, 0.05) is 31.6 Å². The summed E-state index contributed by atoms with van der Waals surface area (Å²) in [4.78, 5) is 11.7. The van der Waals surface area contributed by atoms with Crippen LogP contribution in [0.4, 0.5) is 11.6 Å². The monoisotopic (exact) mass is 292 g/mol. The standard InChI is InChI=1S/C16H28N4O/c1-6-7-17-14-8-15(19-16(18-14)11(2)3)20-9-12(4)21-13(5)10-20/h8,11-13H,6-7,9-10H2,1-5H3,(H,17,18,19)/t12-,13+. The molecule has 2 atom stereocenters. The van der Waals surface area contributed by atoms with Gasteiger partial charge in [-0.3, -0.25) is 0 Å². The minimum atomic E-state index is 0.235. The zero-order valence-electron chi connectivity index (χ0n) is 13.9. The lowest BCUT2D eigenvalue weighted by molar-refractivity contribution is -0.00547. The number of anilines is 2. The second kappa shape index (κ2) is 7.07. The summed E-state index contributed by atoms with van der Waals surface area (Å²) in [5, 5.41) is 3.38. The van der Waals surface area contributed by atoms with Crippen molar-refractivity contribution in [3.8, 4) is 0 Å². The number of hydrogen-bond acceptors (Lipinski definition) is 5. The van der Waals surface area contributed by atoms with Crippen LogP contribution in [0, 0.1) is 0 Å². The first kappa shape index (κ1) is 16.0. The van der Waals surface area contributed by atoms with Crippen molar-refractivity contribution in [3.63, 3.8) is 0 Å². The summed E-state index contributed by atoms with van der Waals surface area (Å²) < 4.78 is 5.81. The lowest BCUT2D eigenvalue weighted by Crippen LogP contribution is -2.46. The van der Waals surface area contributed by atoms with Crippen LogP contribution in [0.3, 0.4) is 0 Å². The maximum absolute atomic E-state index is 5.81. The maximum atomic E-state index is 5.81. The van der Waals surface area contributed by atoms with Gasteiger partial charge in [0.05, 0.1) is 12.2 Å². The van der Waals surface area contributed by atoms with Crippen LogP contribution in [0.5, 0.6) is 0 Å². The lowest BCUT2D eigenvalue weighted by atomic mass is 10.2. The van der Waals surface area contributed by atoms with Crippen LogP contribution in [-0.4, -0.2) is 41.8 Å². The number of aromatic nitrogens is 2. The number of nitrogens with one attached hydrogen (secondary N) is 1. The Kier molecular flexibility index (Phi) is 5.39. The van der Waals surface area contributed by atoms with E-state index in [4.69, 9.17) is 9.72 Å². The van der Waals surface area contributed by atoms with Gasteiger partial charge >= 0.3 is 0 Å². The van der Waals surface area contributed by atoms with E-state index in [0.29, 0.717) is 5.92 Å². The molecule has 0 amide bonds. The van der Waals surface area contributed by atoms with Gasteiger partial charge in [-0.1, -0.05) is 20.8 Å². The average molecular weight is 292 g/mol. The van der Waals surface area contributed by atoms with E-state index in [1.807, 2.05) is 0 Å². The molecular formula is C16H28N4O. The molecule has 0 radical (unpaired) electrons. The molecule has 1 aliphatic heterocycles. The van der Waals surface area contributed by atoms with Gasteiger partial charge < -0.3 is 15.0 Å². The van der Waals surface area contributed by atoms with Crippen LogP contribution in [0.1, 0.15) is 52.8 Å². The van der Waals surface area contributed by atoms with E-state index in [0.717, 1.165) is 43.5 Å². The van der Waals surface area contributed by atoms with E-state index < -0.39 is 0 Å². The summed E-state index contributed by atoms with van der Waals surface area (Å²) in [5.41, 5.74) is 0. The van der Waals surface area contributed by atoms with Gasteiger partial charge in [0.2, 0.25) is 0 Å². The number of morpholine rings is 1. The van der Waals surface area contributed by atoms with Crippen LogP contribution >= 0.6 is 0 Å². The summed E-state index contributed by atoms with van der Waals surface area (Å²) >= 11 is 0. The fourth-order valence-corrected chi connectivity index (χ4v) is 2.58. The summed E-state index contributed by atoms with van der Waals surface area (Å²) in [6.45, 7) is 13.3. The SMILES string of the molecule is CCCNc1cc(N2C[C@@H](C)O[C@@H](C)C2)nc(C(C)C)n1. The third-order valence-corrected chi connectivity index (χ3v) is 3.55. The van der Waals surface area contributed by atoms with Crippen LogP contribution in [-0.2, 0) is 4.74 Å². The van der Waals surface area contributed by atoms with Gasteiger partial charge in [-0.25, -0.2) is 9.97 Å². The molecule has 21 heavy (non-hydrogen) atoms. The Morgan fingerprint density at radius 1 is 1.29 bits per heavy atom. The van der Waals surface area contributed by atoms with Crippen molar-refractivity contribution >= 4 is 11.6 Å². The molecule has 0 saturated carbocycles. The van der Waals surface area contributed by atoms with Gasteiger partial charge in [0.15, 0.2) is 0 Å². The molecule has 2 rings (SSSR count). The highest BCUT2D eigenvalue weighted by molar-refractivity contribution is 5.50. The smallest absolute Gasteiger partial charge is 0.135 e. The van der Waals surface area contributed by atoms with Crippen molar-refractivity contribution in [2.24, 2.45) is 0 Å². The Hall–Kier alpha value is -1.36. The molecule has 5 heteroatoms. The van der Waals surface area contributed by atoms with E-state index in [1.165, 1.54) is 0 Å². The molecule has 0 bridgehead atoms. The van der Waals surface area contributed by atoms with Crippen molar-refractivity contribution in [1.29, 1.82) is 0 Å². The summed E-state index contributed by atoms with van der Waals surface area (Å²) in [5.74, 6) is 3.16. The molecule has 0 aromatic carbocycles. The zero-order valence-corrected chi connectivity index (χ0v) is 13.9. The predicted octanol–water partition coefficient (Wildman–Crippen LogP) is 3.04. The third kappa shape index (κ3) is 4.30. The van der Waals surface area contributed by atoms with Crippen molar-refractivity contribution in [2.75, 3.05) is 29.9 Å². The highest BCUT2D eigenvalue weighted by Gasteiger charge is 2.24. The second-order valence-electron chi connectivity index (χ2n) is 6.21. The fraction of sp³-hybridized carbons (Fsp3) is 0.750. The van der Waals surface area contributed by atoms with Crippen LogP contribution in [0.2, 0.25) is 0 Å². The lowest BCUT2D eigenvalue weighted by Gasteiger charge is -2.36. The van der Waals surface area contributed by atoms with Gasteiger partial charge in [-0.2, -0.15) is 0 Å². The van der Waals surface area contributed by atoms with Gasteiger partial charge in [-0.05, 0) is 20.3 Å². The molecule has 2 heterocycles. The molecule has 0 unspecified atom stereocenters. The maximum Gasteiger partial charge on any atom is 0.135 e. The molecule has 1 fully saturated rings. The van der Waals surface area contributed by atoms with Crippen molar-refractivity contribution in [3.05, 3.63) is 11.9 Å². The molecule has 0 spiro atoms. The summed E-state index contributed by atoms with van der Waals surface area (Å²) in [6, 6.07) is 2.06. The van der Waals surface area contributed by atoms with Crippen molar-refractivity contribution in [2.45, 2.75) is 59.2 Å². The Morgan fingerprint density at radius 3 is 2.52 bits per heavy atom. The molecule has 118 valence electrons. The quantitative estimate of drug-likeness (QED) is 0.904. The first-order chi connectivity index (χ1) is 9.99. The van der Waals surface area contributed by atoms with Crippen LogP contribution in [0.15, 0.2) is 6.07 Å². The topological polar surface area (TPSA) is 50.3 Å². The molecule has 1 saturated heterocycles. The van der Waals surface area contributed by atoms with E-state index in [9.17, 15) is 0 Å². The zero-order chi connectivity index (χ0) is 15.4. The molecule has 0 aliphatic carbocycles. The minimum Gasteiger partial charge on any atom is -0.372 e. The van der Waals surface area contributed by atoms with Crippen molar-refractivity contribution in [1.82, 2.24) is 9.97 Å². The fourth-order valence-electron chi connectivity index (χ4n) is 2.58. The van der Waals surface area contributed by atoms with Crippen LogP contribution in [0.25, 0.3) is 0 Å². The Balaban J connectivity index is 2.26. The Morgan fingerprint density at radius 2 is 1.95 bits per heavy atom. The number of ether oxygens (including phenoxy) is 1. The number of rotatable bonds is 5. The van der Waals surface area contributed by atoms with E-state index in [1.54, 1.807) is 0 Å². The van der Waals surface area contributed by atoms with Crippen LogP contribution < -0.4 is 10.2 Å². The summed E-state index contributed by atoms with van der Waals surface area (Å²) in [6.07, 6.45) is 1.55. The Bertz CT molecular complexity index is 454. The van der Waals surface area contributed by atoms with E-state index >= 15 is 0 Å². The van der Waals surface area contributed by atoms with E-state index in [-0.39, 0.29) is 12.2 Å². The number of hydrogen-bond donors (Lipinski definition) is 1. The first-order valence-electron chi connectivity index (χ1n) is 8.02. The molecule has 1 aromatic rings. The second-order valence-corrected chi connectivity index (χ2v) is 6.21. The molecule has 5 nitrogen and oxygen atoms in total. The Labute approximate surface area is 128 Å². The first-order valence-corrected chi connectivity index (χ1v) is 8.02. The predicted molar refractivity (Wildman–Crippen MR) is 87.1 cm³/mol. The molecular weight excluding hydrogens is 264 g/mol. The molecule has 1 aromatic heterocycles. The minimum absolute atomic E-state index is 0.235. The van der Waals surface area contributed by atoms with Gasteiger partial charge in [0.25, 0.3) is 0 Å².